The highest BCUT2D eigenvalue weighted by atomic mass is 35.5. The zero-order valence-corrected chi connectivity index (χ0v) is 15.7. The van der Waals surface area contributed by atoms with Gasteiger partial charge in [-0.05, 0) is 59.6 Å². The second-order valence-electron chi connectivity index (χ2n) is 7.22. The Kier molecular flexibility index (Phi) is 5.04. The fraction of sp³-hybridized carbons (Fsp3) is 0.261. The Bertz CT molecular complexity index is 928. The number of hydrogen-bond acceptors (Lipinski definition) is 2. The van der Waals surface area contributed by atoms with Crippen LogP contribution in [0, 0.1) is 5.92 Å². The molecule has 138 valence electrons. The molecule has 2 aromatic carbocycles. The Morgan fingerprint density at radius 3 is 2.37 bits per heavy atom. The van der Waals surface area contributed by atoms with Crippen molar-refractivity contribution < 1.29 is 14.3 Å². The van der Waals surface area contributed by atoms with Crippen LogP contribution >= 0.6 is 11.6 Å². The first kappa shape index (κ1) is 17.9. The number of furan rings is 1. The molecule has 0 amide bonds. The summed E-state index contributed by atoms with van der Waals surface area (Å²) < 4.78 is 5.48. The van der Waals surface area contributed by atoms with Crippen LogP contribution in [0.15, 0.2) is 65.3 Å². The number of aliphatic carboxylic acids is 1. The molecular formula is C23H21ClO3. The predicted molar refractivity (Wildman–Crippen MR) is 105 cm³/mol. The number of benzene rings is 2. The molecule has 0 aliphatic heterocycles. The van der Waals surface area contributed by atoms with E-state index in [4.69, 9.17) is 16.0 Å². The third-order valence-corrected chi connectivity index (χ3v) is 5.63. The van der Waals surface area contributed by atoms with Crippen LogP contribution in [0.3, 0.4) is 0 Å². The molecule has 3 aromatic rings. The summed E-state index contributed by atoms with van der Waals surface area (Å²) in [6, 6.07) is 17.8. The Labute approximate surface area is 163 Å². The zero-order chi connectivity index (χ0) is 18.8. The third-order valence-electron chi connectivity index (χ3n) is 5.15. The fourth-order valence-electron chi connectivity index (χ4n) is 3.68. The van der Waals surface area contributed by atoms with Crippen molar-refractivity contribution in [3.8, 4) is 0 Å². The van der Waals surface area contributed by atoms with Crippen LogP contribution in [0.25, 0.3) is 0 Å². The molecule has 0 radical (unpaired) electrons. The quantitative estimate of drug-likeness (QED) is 0.572. The molecule has 1 aromatic heterocycles. The van der Waals surface area contributed by atoms with E-state index in [9.17, 15) is 9.90 Å². The molecule has 0 spiro atoms. The maximum atomic E-state index is 11.9. The highest BCUT2D eigenvalue weighted by Gasteiger charge is 2.37. The van der Waals surface area contributed by atoms with Gasteiger partial charge in [0, 0.05) is 11.4 Å². The molecule has 4 heteroatoms. The minimum atomic E-state index is -0.755. The first-order valence-electron chi connectivity index (χ1n) is 9.22. The largest absolute Gasteiger partial charge is 0.481 e. The van der Waals surface area contributed by atoms with Gasteiger partial charge in [0.2, 0.25) is 0 Å². The van der Waals surface area contributed by atoms with Crippen LogP contribution in [-0.4, -0.2) is 11.1 Å². The van der Waals surface area contributed by atoms with E-state index >= 15 is 0 Å². The summed E-state index contributed by atoms with van der Waals surface area (Å²) in [5.74, 6) is -0.177. The zero-order valence-electron chi connectivity index (χ0n) is 14.9. The van der Waals surface area contributed by atoms with Gasteiger partial charge in [0.05, 0.1) is 12.2 Å². The van der Waals surface area contributed by atoms with E-state index in [1.807, 2.05) is 42.5 Å². The number of rotatable bonds is 7. The van der Waals surface area contributed by atoms with E-state index in [-0.39, 0.29) is 5.92 Å². The Balaban J connectivity index is 1.76. The minimum absolute atomic E-state index is 0.227. The molecule has 3 nitrogen and oxygen atoms in total. The third kappa shape index (κ3) is 4.09. The molecule has 27 heavy (non-hydrogen) atoms. The highest BCUT2D eigenvalue weighted by molar-refractivity contribution is 6.32. The van der Waals surface area contributed by atoms with Crippen molar-refractivity contribution in [3.63, 3.8) is 0 Å². The molecule has 1 heterocycles. The summed E-state index contributed by atoms with van der Waals surface area (Å²) in [6.45, 7) is 0. The van der Waals surface area contributed by atoms with E-state index in [0.717, 1.165) is 40.9 Å². The molecule has 1 unspecified atom stereocenters. The SMILES string of the molecule is O=C(O)C(c1cc(Cc2ccccc2)c(Cl)c(Cc2ccco2)c1)C1CC1. The normalized spacial score (nSPS) is 14.9. The van der Waals surface area contributed by atoms with Gasteiger partial charge in [-0.25, -0.2) is 0 Å². The molecule has 1 saturated carbocycles. The van der Waals surface area contributed by atoms with Crippen molar-refractivity contribution in [3.05, 3.63) is 93.9 Å². The van der Waals surface area contributed by atoms with Crippen molar-refractivity contribution >= 4 is 17.6 Å². The summed E-state index contributed by atoms with van der Waals surface area (Å²) in [6.07, 6.45) is 4.82. The van der Waals surface area contributed by atoms with Crippen molar-refractivity contribution in [1.82, 2.24) is 0 Å². The molecular weight excluding hydrogens is 360 g/mol. The van der Waals surface area contributed by atoms with E-state index in [2.05, 4.69) is 12.1 Å². The van der Waals surface area contributed by atoms with Crippen LogP contribution in [0.2, 0.25) is 5.02 Å². The second-order valence-corrected chi connectivity index (χ2v) is 7.60. The molecule has 0 bridgehead atoms. The molecule has 1 N–H and O–H groups in total. The van der Waals surface area contributed by atoms with Crippen molar-refractivity contribution in [1.29, 1.82) is 0 Å². The first-order valence-corrected chi connectivity index (χ1v) is 9.60. The smallest absolute Gasteiger partial charge is 0.311 e. The van der Waals surface area contributed by atoms with Gasteiger partial charge in [-0.3, -0.25) is 4.79 Å². The lowest BCUT2D eigenvalue weighted by Crippen LogP contribution is -2.15. The highest BCUT2D eigenvalue weighted by Crippen LogP contribution is 2.44. The molecule has 1 aliphatic rings. The molecule has 0 saturated heterocycles. The number of hydrogen-bond donors (Lipinski definition) is 1. The van der Waals surface area contributed by atoms with Crippen LogP contribution in [0.1, 0.15) is 46.8 Å². The van der Waals surface area contributed by atoms with E-state index in [1.54, 1.807) is 6.26 Å². The van der Waals surface area contributed by atoms with Crippen molar-refractivity contribution in [2.24, 2.45) is 5.92 Å². The lowest BCUT2D eigenvalue weighted by atomic mass is 9.89. The Morgan fingerprint density at radius 2 is 1.78 bits per heavy atom. The fourth-order valence-corrected chi connectivity index (χ4v) is 3.92. The molecule has 1 fully saturated rings. The Morgan fingerprint density at radius 1 is 1.07 bits per heavy atom. The van der Waals surface area contributed by atoms with E-state index < -0.39 is 11.9 Å². The van der Waals surface area contributed by atoms with Crippen molar-refractivity contribution in [2.75, 3.05) is 0 Å². The number of halogens is 1. The van der Waals surface area contributed by atoms with Gasteiger partial charge in [-0.15, -0.1) is 0 Å². The van der Waals surface area contributed by atoms with Gasteiger partial charge in [-0.1, -0.05) is 54.1 Å². The Hall–Kier alpha value is -2.52. The van der Waals surface area contributed by atoms with Gasteiger partial charge in [-0.2, -0.15) is 0 Å². The van der Waals surface area contributed by atoms with E-state index in [0.29, 0.717) is 17.9 Å². The van der Waals surface area contributed by atoms with Crippen LogP contribution in [0.4, 0.5) is 0 Å². The van der Waals surface area contributed by atoms with Gasteiger partial charge >= 0.3 is 5.97 Å². The van der Waals surface area contributed by atoms with Crippen LogP contribution in [0.5, 0.6) is 0 Å². The predicted octanol–water partition coefficient (Wildman–Crippen LogP) is 5.69. The van der Waals surface area contributed by atoms with Gasteiger partial charge < -0.3 is 9.52 Å². The minimum Gasteiger partial charge on any atom is -0.481 e. The van der Waals surface area contributed by atoms with Crippen molar-refractivity contribution in [2.45, 2.75) is 31.6 Å². The molecule has 1 atom stereocenters. The monoisotopic (exact) mass is 380 g/mol. The van der Waals surface area contributed by atoms with Crippen LogP contribution < -0.4 is 0 Å². The second kappa shape index (κ2) is 7.61. The van der Waals surface area contributed by atoms with Gasteiger partial charge in [0.25, 0.3) is 0 Å². The summed E-state index contributed by atoms with van der Waals surface area (Å²) in [5.41, 5.74) is 3.89. The number of carbonyl (C=O) groups is 1. The summed E-state index contributed by atoms with van der Waals surface area (Å²) in [5, 5.41) is 10.5. The number of carboxylic acids is 1. The lowest BCUT2D eigenvalue weighted by molar-refractivity contribution is -0.139. The topological polar surface area (TPSA) is 50.4 Å². The number of carboxylic acid groups (broad SMARTS) is 1. The lowest BCUT2D eigenvalue weighted by Gasteiger charge is -2.17. The maximum absolute atomic E-state index is 11.9. The first-order chi connectivity index (χ1) is 13.1. The maximum Gasteiger partial charge on any atom is 0.311 e. The van der Waals surface area contributed by atoms with Gasteiger partial charge in [0.15, 0.2) is 0 Å². The molecule has 1 aliphatic carbocycles. The summed E-state index contributed by atoms with van der Waals surface area (Å²) in [4.78, 5) is 11.9. The summed E-state index contributed by atoms with van der Waals surface area (Å²) in [7, 11) is 0. The standard InChI is InChI=1S/C23H21ClO3/c24-22-18(11-15-5-2-1-3-6-15)12-17(21(23(25)26)16-8-9-16)13-19(22)14-20-7-4-10-27-20/h1-7,10,12-13,16,21H,8-9,11,14H2,(H,25,26). The summed E-state index contributed by atoms with van der Waals surface area (Å²) >= 11 is 6.74. The van der Waals surface area contributed by atoms with E-state index in [1.165, 1.54) is 0 Å². The van der Waals surface area contributed by atoms with Crippen LogP contribution in [-0.2, 0) is 17.6 Å². The average Bonchev–Trinajstić information content (AvgIpc) is 3.34. The van der Waals surface area contributed by atoms with Gasteiger partial charge in [0.1, 0.15) is 5.76 Å². The molecule has 4 rings (SSSR count). The average molecular weight is 381 g/mol.